The Labute approximate surface area is 104 Å². The molecule has 88 valence electrons. The van der Waals surface area contributed by atoms with Gasteiger partial charge in [-0.2, -0.15) is 10.4 Å². The standard InChI is InChI=1S/C13H11N5/c1-2-18-12-4-3-9(6-14)5-11(12)17-13(18)10-7-15-16-8-10/h3-5,7-8H,2H2,1H3,(H,15,16). The molecule has 0 aliphatic heterocycles. The first-order valence-electron chi connectivity index (χ1n) is 5.73. The number of H-pyrrole nitrogens is 1. The zero-order chi connectivity index (χ0) is 12.5. The first kappa shape index (κ1) is 10.5. The number of nitrogens with one attached hydrogen (secondary N) is 1. The van der Waals surface area contributed by atoms with Crippen molar-refractivity contribution in [3.8, 4) is 17.5 Å². The summed E-state index contributed by atoms with van der Waals surface area (Å²) in [6, 6.07) is 7.70. The minimum atomic E-state index is 0.627. The lowest BCUT2D eigenvalue weighted by molar-refractivity contribution is 0.796. The van der Waals surface area contributed by atoms with Gasteiger partial charge in [-0.1, -0.05) is 0 Å². The molecule has 2 heterocycles. The normalized spacial score (nSPS) is 10.7. The van der Waals surface area contributed by atoms with Crippen LogP contribution in [0.4, 0.5) is 0 Å². The first-order chi connectivity index (χ1) is 8.83. The highest BCUT2D eigenvalue weighted by atomic mass is 15.1. The average Bonchev–Trinajstić information content (AvgIpc) is 3.04. The van der Waals surface area contributed by atoms with Crippen molar-refractivity contribution in [1.82, 2.24) is 19.7 Å². The summed E-state index contributed by atoms with van der Waals surface area (Å²) in [4.78, 5) is 4.59. The van der Waals surface area contributed by atoms with Crippen LogP contribution in [0.5, 0.6) is 0 Å². The summed E-state index contributed by atoms with van der Waals surface area (Å²) in [5.74, 6) is 0.872. The van der Waals surface area contributed by atoms with E-state index in [-0.39, 0.29) is 0 Å². The number of hydrogen-bond acceptors (Lipinski definition) is 3. The molecule has 5 heteroatoms. The molecule has 18 heavy (non-hydrogen) atoms. The second-order valence-electron chi connectivity index (χ2n) is 3.98. The Hall–Kier alpha value is -2.61. The van der Waals surface area contributed by atoms with Crippen LogP contribution in [0.1, 0.15) is 12.5 Å². The van der Waals surface area contributed by atoms with Gasteiger partial charge in [0.25, 0.3) is 0 Å². The molecule has 1 aromatic carbocycles. The van der Waals surface area contributed by atoms with Crippen molar-refractivity contribution >= 4 is 11.0 Å². The van der Waals surface area contributed by atoms with Gasteiger partial charge in [-0.3, -0.25) is 5.10 Å². The van der Waals surface area contributed by atoms with Gasteiger partial charge in [0.05, 0.1) is 34.4 Å². The van der Waals surface area contributed by atoms with Crippen LogP contribution < -0.4 is 0 Å². The Balaban J connectivity index is 2.30. The predicted octanol–water partition coefficient (Wildman–Crippen LogP) is 2.32. The fraction of sp³-hybridized carbons (Fsp3) is 0.154. The average molecular weight is 237 g/mol. The maximum Gasteiger partial charge on any atom is 0.144 e. The summed E-state index contributed by atoms with van der Waals surface area (Å²) in [6.45, 7) is 2.89. The summed E-state index contributed by atoms with van der Waals surface area (Å²) in [5.41, 5.74) is 3.45. The lowest BCUT2D eigenvalue weighted by Gasteiger charge is -2.03. The molecule has 0 fully saturated rings. The molecular formula is C13H11N5. The molecule has 0 radical (unpaired) electrons. The molecule has 0 saturated carbocycles. The van der Waals surface area contributed by atoms with Crippen LogP contribution in [0, 0.1) is 11.3 Å². The number of aromatic amines is 1. The molecular weight excluding hydrogens is 226 g/mol. The van der Waals surface area contributed by atoms with E-state index < -0.39 is 0 Å². The molecule has 0 bridgehead atoms. The third-order valence-electron chi connectivity index (χ3n) is 2.95. The summed E-state index contributed by atoms with van der Waals surface area (Å²) < 4.78 is 2.11. The fourth-order valence-corrected chi connectivity index (χ4v) is 2.11. The Kier molecular flexibility index (Phi) is 2.34. The van der Waals surface area contributed by atoms with Crippen molar-refractivity contribution in [1.29, 1.82) is 5.26 Å². The molecule has 1 N–H and O–H groups in total. The van der Waals surface area contributed by atoms with E-state index in [4.69, 9.17) is 5.26 Å². The lowest BCUT2D eigenvalue weighted by atomic mass is 10.2. The predicted molar refractivity (Wildman–Crippen MR) is 67.7 cm³/mol. The second-order valence-corrected chi connectivity index (χ2v) is 3.98. The van der Waals surface area contributed by atoms with Crippen molar-refractivity contribution < 1.29 is 0 Å². The van der Waals surface area contributed by atoms with Crippen molar-refractivity contribution in [2.24, 2.45) is 0 Å². The van der Waals surface area contributed by atoms with Gasteiger partial charge in [0, 0.05) is 12.7 Å². The van der Waals surface area contributed by atoms with E-state index in [0.29, 0.717) is 5.56 Å². The number of hydrogen-bond donors (Lipinski definition) is 1. The second kappa shape index (κ2) is 4.00. The molecule has 5 nitrogen and oxygen atoms in total. The summed E-state index contributed by atoms with van der Waals surface area (Å²) in [7, 11) is 0. The molecule has 0 spiro atoms. The van der Waals surface area contributed by atoms with Crippen LogP contribution in [0.15, 0.2) is 30.6 Å². The lowest BCUT2D eigenvalue weighted by Crippen LogP contribution is -1.96. The van der Waals surface area contributed by atoms with Gasteiger partial charge in [-0.05, 0) is 25.1 Å². The van der Waals surface area contributed by atoms with Gasteiger partial charge in [0.1, 0.15) is 5.82 Å². The number of aryl methyl sites for hydroxylation is 1. The number of benzene rings is 1. The Bertz CT molecular complexity index is 731. The SMILES string of the molecule is CCn1c(-c2cn[nH]c2)nc2cc(C#N)ccc21. The van der Waals surface area contributed by atoms with Crippen LogP contribution in [-0.4, -0.2) is 19.7 Å². The first-order valence-corrected chi connectivity index (χ1v) is 5.73. The number of imidazole rings is 1. The van der Waals surface area contributed by atoms with Gasteiger partial charge < -0.3 is 4.57 Å². The molecule has 3 aromatic rings. The Morgan fingerprint density at radius 3 is 3.00 bits per heavy atom. The van der Waals surface area contributed by atoms with Gasteiger partial charge in [0.2, 0.25) is 0 Å². The Morgan fingerprint density at radius 1 is 1.44 bits per heavy atom. The van der Waals surface area contributed by atoms with Crippen LogP contribution in [0.2, 0.25) is 0 Å². The van der Waals surface area contributed by atoms with Crippen molar-refractivity contribution in [3.05, 3.63) is 36.2 Å². The molecule has 2 aromatic heterocycles. The molecule has 3 rings (SSSR count). The van der Waals surface area contributed by atoms with Crippen LogP contribution in [0.3, 0.4) is 0 Å². The van der Waals surface area contributed by atoms with Gasteiger partial charge in [0.15, 0.2) is 0 Å². The maximum atomic E-state index is 8.91. The van der Waals surface area contributed by atoms with Crippen molar-refractivity contribution in [3.63, 3.8) is 0 Å². The van der Waals surface area contributed by atoms with E-state index >= 15 is 0 Å². The number of rotatable bonds is 2. The minimum absolute atomic E-state index is 0.627. The highest BCUT2D eigenvalue weighted by Crippen LogP contribution is 2.24. The monoisotopic (exact) mass is 237 g/mol. The minimum Gasteiger partial charge on any atom is -0.324 e. The van der Waals surface area contributed by atoms with Gasteiger partial charge >= 0.3 is 0 Å². The van der Waals surface area contributed by atoms with Crippen molar-refractivity contribution in [2.75, 3.05) is 0 Å². The highest BCUT2D eigenvalue weighted by Gasteiger charge is 2.12. The Morgan fingerprint density at radius 2 is 2.33 bits per heavy atom. The molecule has 0 aliphatic carbocycles. The van der Waals surface area contributed by atoms with E-state index in [2.05, 4.69) is 32.7 Å². The quantitative estimate of drug-likeness (QED) is 0.743. The maximum absolute atomic E-state index is 8.91. The van der Waals surface area contributed by atoms with Gasteiger partial charge in [-0.15, -0.1) is 0 Å². The number of nitrogens with zero attached hydrogens (tertiary/aromatic N) is 4. The number of nitriles is 1. The van der Waals surface area contributed by atoms with Gasteiger partial charge in [-0.25, -0.2) is 4.98 Å². The van der Waals surface area contributed by atoms with Crippen LogP contribution in [-0.2, 0) is 6.54 Å². The zero-order valence-electron chi connectivity index (χ0n) is 9.88. The van der Waals surface area contributed by atoms with E-state index in [1.54, 1.807) is 6.20 Å². The molecule has 0 atom stereocenters. The highest BCUT2D eigenvalue weighted by molar-refractivity contribution is 5.81. The summed E-state index contributed by atoms with van der Waals surface area (Å²) in [5, 5.41) is 15.7. The smallest absolute Gasteiger partial charge is 0.144 e. The number of fused-ring (bicyclic) bond motifs is 1. The summed E-state index contributed by atoms with van der Waals surface area (Å²) >= 11 is 0. The molecule has 0 saturated heterocycles. The largest absolute Gasteiger partial charge is 0.324 e. The third-order valence-corrected chi connectivity index (χ3v) is 2.95. The zero-order valence-corrected chi connectivity index (χ0v) is 9.88. The third kappa shape index (κ3) is 1.47. The number of aromatic nitrogens is 4. The molecule has 0 aliphatic rings. The fourth-order valence-electron chi connectivity index (χ4n) is 2.11. The topological polar surface area (TPSA) is 70.3 Å². The molecule has 0 unspecified atom stereocenters. The molecule has 0 amide bonds. The van der Waals surface area contributed by atoms with Crippen LogP contribution in [0.25, 0.3) is 22.4 Å². The summed E-state index contributed by atoms with van der Waals surface area (Å²) in [6.07, 6.45) is 3.57. The van der Waals surface area contributed by atoms with Crippen LogP contribution >= 0.6 is 0 Å². The van der Waals surface area contributed by atoms with E-state index in [0.717, 1.165) is 29.0 Å². The van der Waals surface area contributed by atoms with E-state index in [1.807, 2.05) is 24.4 Å². The van der Waals surface area contributed by atoms with Crippen molar-refractivity contribution in [2.45, 2.75) is 13.5 Å². The van der Waals surface area contributed by atoms with E-state index in [1.165, 1.54) is 0 Å². The van der Waals surface area contributed by atoms with E-state index in [9.17, 15) is 0 Å².